The van der Waals surface area contributed by atoms with Gasteiger partial charge in [-0.3, -0.25) is 0 Å². The standard InChI is InChI=1S/C13H24N4O/c1-12(2,3)11-15-9(14)7-10(16-11)17(6)13(4,5)8-18/h7,18H,8H2,1-6H3,(H2,14,15,16). The van der Waals surface area contributed by atoms with Gasteiger partial charge in [-0.05, 0) is 13.8 Å². The van der Waals surface area contributed by atoms with Crippen molar-refractivity contribution in [3.63, 3.8) is 0 Å². The Morgan fingerprint density at radius 3 is 2.22 bits per heavy atom. The number of nitrogen functional groups attached to an aromatic ring is 1. The molecule has 0 spiro atoms. The van der Waals surface area contributed by atoms with Crippen LogP contribution >= 0.6 is 0 Å². The minimum absolute atomic E-state index is 0.0399. The zero-order valence-corrected chi connectivity index (χ0v) is 12.2. The lowest BCUT2D eigenvalue weighted by Crippen LogP contribution is -2.45. The summed E-state index contributed by atoms with van der Waals surface area (Å²) >= 11 is 0. The minimum atomic E-state index is -0.393. The van der Waals surface area contributed by atoms with Gasteiger partial charge in [0.2, 0.25) is 0 Å². The molecule has 1 rings (SSSR count). The van der Waals surface area contributed by atoms with Crippen molar-refractivity contribution in [3.8, 4) is 0 Å². The lowest BCUT2D eigenvalue weighted by molar-refractivity contribution is 0.215. The van der Waals surface area contributed by atoms with Crippen LogP contribution in [-0.4, -0.2) is 34.3 Å². The maximum Gasteiger partial charge on any atom is 0.138 e. The number of anilines is 2. The second-order valence-electron chi connectivity index (χ2n) is 6.25. The van der Waals surface area contributed by atoms with E-state index >= 15 is 0 Å². The van der Waals surface area contributed by atoms with Gasteiger partial charge in [-0.1, -0.05) is 20.8 Å². The van der Waals surface area contributed by atoms with Crippen molar-refractivity contribution in [3.05, 3.63) is 11.9 Å². The van der Waals surface area contributed by atoms with Crippen LogP contribution in [0.5, 0.6) is 0 Å². The molecule has 1 aromatic heterocycles. The first-order valence-electron chi connectivity index (χ1n) is 6.07. The van der Waals surface area contributed by atoms with Crippen LogP contribution < -0.4 is 10.6 Å². The molecule has 5 heteroatoms. The first-order valence-corrected chi connectivity index (χ1v) is 6.07. The normalized spacial score (nSPS) is 12.6. The Bertz CT molecular complexity index is 423. The fraction of sp³-hybridized carbons (Fsp3) is 0.692. The topological polar surface area (TPSA) is 75.3 Å². The number of aliphatic hydroxyl groups is 1. The molecule has 0 aromatic carbocycles. The van der Waals surface area contributed by atoms with Gasteiger partial charge in [0.25, 0.3) is 0 Å². The van der Waals surface area contributed by atoms with Crippen molar-refractivity contribution in [2.45, 2.75) is 45.6 Å². The Balaban J connectivity index is 3.23. The van der Waals surface area contributed by atoms with Gasteiger partial charge < -0.3 is 15.7 Å². The summed E-state index contributed by atoms with van der Waals surface area (Å²) in [6.07, 6.45) is 0. The van der Waals surface area contributed by atoms with Gasteiger partial charge in [0, 0.05) is 18.5 Å². The van der Waals surface area contributed by atoms with Crippen molar-refractivity contribution >= 4 is 11.6 Å². The molecule has 1 aromatic rings. The predicted molar refractivity (Wildman–Crippen MR) is 74.7 cm³/mol. The van der Waals surface area contributed by atoms with E-state index in [2.05, 4.69) is 9.97 Å². The molecule has 102 valence electrons. The highest BCUT2D eigenvalue weighted by Gasteiger charge is 2.26. The van der Waals surface area contributed by atoms with E-state index in [1.807, 2.05) is 46.6 Å². The number of nitrogens with zero attached hydrogens (tertiary/aromatic N) is 3. The quantitative estimate of drug-likeness (QED) is 0.854. The Labute approximate surface area is 109 Å². The summed E-state index contributed by atoms with van der Waals surface area (Å²) in [6.45, 7) is 10.1. The molecule has 18 heavy (non-hydrogen) atoms. The van der Waals surface area contributed by atoms with Gasteiger partial charge in [-0.25, -0.2) is 9.97 Å². The van der Waals surface area contributed by atoms with Crippen molar-refractivity contribution < 1.29 is 5.11 Å². The van der Waals surface area contributed by atoms with Crippen molar-refractivity contribution in [1.82, 2.24) is 9.97 Å². The van der Waals surface area contributed by atoms with Crippen LogP contribution in [0.25, 0.3) is 0 Å². The maximum absolute atomic E-state index is 9.41. The Hall–Kier alpha value is -1.36. The number of rotatable bonds is 3. The number of aromatic nitrogens is 2. The number of hydrogen-bond donors (Lipinski definition) is 2. The first-order chi connectivity index (χ1) is 8.08. The Kier molecular flexibility index (Phi) is 3.86. The van der Waals surface area contributed by atoms with Gasteiger partial charge in [-0.2, -0.15) is 0 Å². The van der Waals surface area contributed by atoms with Crippen molar-refractivity contribution in [2.24, 2.45) is 0 Å². The Morgan fingerprint density at radius 2 is 1.78 bits per heavy atom. The van der Waals surface area contributed by atoms with Crippen LogP contribution in [0.4, 0.5) is 11.6 Å². The van der Waals surface area contributed by atoms with Crippen LogP contribution in [0.3, 0.4) is 0 Å². The summed E-state index contributed by atoms with van der Waals surface area (Å²) in [5.41, 5.74) is 5.29. The van der Waals surface area contributed by atoms with Gasteiger partial charge in [0.1, 0.15) is 17.5 Å². The van der Waals surface area contributed by atoms with E-state index in [0.29, 0.717) is 11.6 Å². The van der Waals surface area contributed by atoms with Crippen LogP contribution in [0.2, 0.25) is 0 Å². The summed E-state index contributed by atoms with van der Waals surface area (Å²) in [5, 5.41) is 9.41. The highest BCUT2D eigenvalue weighted by atomic mass is 16.3. The maximum atomic E-state index is 9.41. The molecule has 0 aliphatic heterocycles. The zero-order chi connectivity index (χ0) is 14.1. The average molecular weight is 252 g/mol. The fourth-order valence-corrected chi connectivity index (χ4v) is 1.38. The fourth-order valence-electron chi connectivity index (χ4n) is 1.38. The van der Waals surface area contributed by atoms with Crippen LogP contribution in [0.1, 0.15) is 40.4 Å². The highest BCUT2D eigenvalue weighted by Crippen LogP contribution is 2.25. The highest BCUT2D eigenvalue weighted by molar-refractivity contribution is 5.48. The summed E-state index contributed by atoms with van der Waals surface area (Å²) in [5.74, 6) is 1.88. The van der Waals surface area contributed by atoms with E-state index in [0.717, 1.165) is 5.82 Å². The van der Waals surface area contributed by atoms with Crippen LogP contribution in [0, 0.1) is 0 Å². The van der Waals surface area contributed by atoms with Crippen molar-refractivity contribution in [2.75, 3.05) is 24.3 Å². The van der Waals surface area contributed by atoms with E-state index in [1.165, 1.54) is 0 Å². The molecule has 0 unspecified atom stereocenters. The molecular formula is C13H24N4O. The molecule has 0 saturated heterocycles. The smallest absolute Gasteiger partial charge is 0.138 e. The second kappa shape index (κ2) is 4.72. The van der Waals surface area contributed by atoms with Gasteiger partial charge in [-0.15, -0.1) is 0 Å². The summed E-state index contributed by atoms with van der Waals surface area (Å²) < 4.78 is 0. The van der Waals surface area contributed by atoms with Gasteiger partial charge in [0.15, 0.2) is 0 Å². The van der Waals surface area contributed by atoms with E-state index in [1.54, 1.807) is 6.07 Å². The summed E-state index contributed by atoms with van der Waals surface area (Å²) in [4.78, 5) is 10.7. The third-order valence-electron chi connectivity index (χ3n) is 3.04. The van der Waals surface area contributed by atoms with E-state index in [-0.39, 0.29) is 12.0 Å². The number of likely N-dealkylation sites (N-methyl/N-ethyl adjacent to an activating group) is 1. The molecule has 0 bridgehead atoms. The lowest BCUT2D eigenvalue weighted by Gasteiger charge is -2.35. The molecule has 0 amide bonds. The van der Waals surface area contributed by atoms with E-state index in [4.69, 9.17) is 5.73 Å². The minimum Gasteiger partial charge on any atom is -0.394 e. The molecule has 0 fully saturated rings. The van der Waals surface area contributed by atoms with E-state index in [9.17, 15) is 5.11 Å². The molecule has 0 radical (unpaired) electrons. The SMILES string of the molecule is CN(c1cc(N)nc(C(C)(C)C)n1)C(C)(C)CO. The molecule has 0 aliphatic rings. The van der Waals surface area contributed by atoms with Crippen LogP contribution in [-0.2, 0) is 5.41 Å². The molecule has 5 nitrogen and oxygen atoms in total. The Morgan fingerprint density at radius 1 is 1.22 bits per heavy atom. The number of aliphatic hydroxyl groups excluding tert-OH is 1. The van der Waals surface area contributed by atoms with Crippen molar-refractivity contribution in [1.29, 1.82) is 0 Å². The zero-order valence-electron chi connectivity index (χ0n) is 12.2. The lowest BCUT2D eigenvalue weighted by atomic mass is 9.95. The molecule has 0 atom stereocenters. The molecular weight excluding hydrogens is 228 g/mol. The largest absolute Gasteiger partial charge is 0.394 e. The molecule has 0 aliphatic carbocycles. The van der Waals surface area contributed by atoms with Crippen LogP contribution in [0.15, 0.2) is 6.07 Å². The summed E-state index contributed by atoms with van der Waals surface area (Å²) in [6, 6.07) is 1.73. The van der Waals surface area contributed by atoms with E-state index < -0.39 is 5.54 Å². The van der Waals surface area contributed by atoms with Gasteiger partial charge in [0.05, 0.1) is 12.1 Å². The predicted octanol–water partition coefficient (Wildman–Crippen LogP) is 1.56. The first kappa shape index (κ1) is 14.7. The second-order valence-corrected chi connectivity index (χ2v) is 6.25. The number of nitrogens with two attached hydrogens (primary N) is 1. The van der Waals surface area contributed by atoms with Gasteiger partial charge >= 0.3 is 0 Å². The molecule has 1 heterocycles. The molecule has 0 saturated carbocycles. The average Bonchev–Trinajstić information content (AvgIpc) is 2.26. The summed E-state index contributed by atoms with van der Waals surface area (Å²) in [7, 11) is 1.89. The molecule has 3 N–H and O–H groups in total. The third-order valence-corrected chi connectivity index (χ3v) is 3.04. The monoisotopic (exact) mass is 252 g/mol. The number of hydrogen-bond acceptors (Lipinski definition) is 5. The third kappa shape index (κ3) is 3.10.